The van der Waals surface area contributed by atoms with E-state index >= 15 is 0 Å². The highest BCUT2D eigenvalue weighted by atomic mass is 16.3. The summed E-state index contributed by atoms with van der Waals surface area (Å²) in [6.45, 7) is 1.25. The Bertz CT molecular complexity index is 733. The maximum Gasteiger partial charge on any atom is 0.289 e. The maximum atomic E-state index is 12.4. The Balaban J connectivity index is 1.76. The van der Waals surface area contributed by atoms with Gasteiger partial charge in [-0.3, -0.25) is 14.6 Å². The molecule has 0 aliphatic carbocycles. The predicted octanol–water partition coefficient (Wildman–Crippen LogP) is -0.508. The second kappa shape index (κ2) is 6.67. The van der Waals surface area contributed by atoms with Gasteiger partial charge in [-0.1, -0.05) is 0 Å². The largest absolute Gasteiger partial charge is 0.459 e. The van der Waals surface area contributed by atoms with Crippen LogP contribution in [0.15, 0.2) is 35.2 Å². The first-order valence-electron chi connectivity index (χ1n) is 7.42. The number of carbonyl (C=O) groups is 2. The van der Waals surface area contributed by atoms with Crippen LogP contribution >= 0.6 is 0 Å². The Hall–Kier alpha value is -2.94. The van der Waals surface area contributed by atoms with E-state index in [1.54, 1.807) is 17.0 Å². The molecule has 1 saturated heterocycles. The molecule has 2 aromatic rings. The molecule has 1 aliphatic heterocycles. The van der Waals surface area contributed by atoms with Crippen molar-refractivity contribution in [2.75, 3.05) is 31.1 Å². The molecule has 0 bridgehead atoms. The lowest BCUT2D eigenvalue weighted by molar-refractivity contribution is 0.0643. The van der Waals surface area contributed by atoms with Crippen molar-refractivity contribution in [2.24, 2.45) is 5.73 Å². The highest BCUT2D eigenvalue weighted by Gasteiger charge is 2.27. The summed E-state index contributed by atoms with van der Waals surface area (Å²) in [5.41, 5.74) is 5.26. The minimum Gasteiger partial charge on any atom is -0.459 e. The summed E-state index contributed by atoms with van der Waals surface area (Å²) in [6.07, 6.45) is 3.43. The number of aromatic nitrogens is 2. The van der Waals surface area contributed by atoms with E-state index in [-0.39, 0.29) is 30.5 Å². The maximum absolute atomic E-state index is 12.4. The first-order valence-corrected chi connectivity index (χ1v) is 7.42. The van der Waals surface area contributed by atoms with Crippen molar-refractivity contribution in [3.8, 4) is 0 Å². The number of carbonyl (C=O) groups excluding carboxylic acids is 2. The van der Waals surface area contributed by atoms with E-state index in [0.29, 0.717) is 18.9 Å². The quantitative estimate of drug-likeness (QED) is 0.776. The van der Waals surface area contributed by atoms with Gasteiger partial charge in [0.05, 0.1) is 24.8 Å². The van der Waals surface area contributed by atoms with E-state index in [9.17, 15) is 14.7 Å². The molecule has 0 unspecified atom stereocenters. The third kappa shape index (κ3) is 3.35. The third-order valence-electron chi connectivity index (χ3n) is 3.72. The molecule has 9 nitrogen and oxygen atoms in total. The fraction of sp³-hybridized carbons (Fsp3) is 0.333. The predicted molar refractivity (Wildman–Crippen MR) is 83.4 cm³/mol. The zero-order valence-corrected chi connectivity index (χ0v) is 12.8. The van der Waals surface area contributed by atoms with Crippen LogP contribution in [-0.2, 0) is 0 Å². The van der Waals surface area contributed by atoms with Gasteiger partial charge in [-0.15, -0.1) is 0 Å². The molecule has 126 valence electrons. The molecule has 1 aliphatic rings. The summed E-state index contributed by atoms with van der Waals surface area (Å²) in [5, 5.41) is 10.2. The number of rotatable bonds is 3. The Labute approximate surface area is 137 Å². The monoisotopic (exact) mass is 331 g/mol. The van der Waals surface area contributed by atoms with Crippen LogP contribution in [0, 0.1) is 0 Å². The van der Waals surface area contributed by atoms with Crippen LogP contribution in [0.5, 0.6) is 0 Å². The number of furan rings is 1. The molecule has 3 rings (SSSR count). The van der Waals surface area contributed by atoms with E-state index in [4.69, 9.17) is 10.2 Å². The third-order valence-corrected chi connectivity index (χ3v) is 3.72. The molecule has 2 aromatic heterocycles. The smallest absolute Gasteiger partial charge is 0.289 e. The summed E-state index contributed by atoms with van der Waals surface area (Å²) in [5.74, 6) is -0.295. The van der Waals surface area contributed by atoms with Gasteiger partial charge >= 0.3 is 0 Å². The topological polar surface area (TPSA) is 126 Å². The number of hydrogen-bond donors (Lipinski definition) is 2. The van der Waals surface area contributed by atoms with Crippen LogP contribution in [0.3, 0.4) is 0 Å². The second-order valence-electron chi connectivity index (χ2n) is 5.46. The fourth-order valence-corrected chi connectivity index (χ4v) is 2.57. The molecular weight excluding hydrogens is 314 g/mol. The fourth-order valence-electron chi connectivity index (χ4n) is 2.57. The summed E-state index contributed by atoms with van der Waals surface area (Å²) in [7, 11) is 0. The van der Waals surface area contributed by atoms with Crippen molar-refractivity contribution in [3.63, 3.8) is 0 Å². The van der Waals surface area contributed by atoms with E-state index in [1.165, 1.54) is 23.6 Å². The average molecular weight is 331 g/mol. The van der Waals surface area contributed by atoms with Crippen molar-refractivity contribution in [3.05, 3.63) is 42.2 Å². The van der Waals surface area contributed by atoms with E-state index in [1.807, 2.05) is 0 Å². The zero-order chi connectivity index (χ0) is 17.1. The van der Waals surface area contributed by atoms with Crippen LogP contribution in [-0.4, -0.2) is 64.1 Å². The van der Waals surface area contributed by atoms with Crippen LogP contribution in [0.1, 0.15) is 21.0 Å². The number of β-amino-alcohol motifs (C(OH)–C–C–N with tert-alkyl or cyclic N) is 1. The summed E-state index contributed by atoms with van der Waals surface area (Å²) < 4.78 is 5.12. The molecule has 3 N–H and O–H groups in total. The Morgan fingerprint density at radius 3 is 2.83 bits per heavy atom. The highest BCUT2D eigenvalue weighted by Crippen LogP contribution is 2.15. The molecule has 24 heavy (non-hydrogen) atoms. The average Bonchev–Trinajstić information content (AvgIpc) is 3.04. The standard InChI is InChI=1S/C15H17N5O4/c16-14(22)11-6-17-7-13(18-11)19-3-4-20(9-10(21)8-19)15(23)12-2-1-5-24-12/h1-2,5-7,10,21H,3-4,8-9H2,(H2,16,22)/t10-/m0/s1. The van der Waals surface area contributed by atoms with Gasteiger partial charge in [0.2, 0.25) is 0 Å². The second-order valence-corrected chi connectivity index (χ2v) is 5.46. The summed E-state index contributed by atoms with van der Waals surface area (Å²) in [6, 6.07) is 3.22. The normalized spacial score (nSPS) is 18.3. The molecule has 3 heterocycles. The SMILES string of the molecule is NC(=O)c1cncc(N2CCN(C(=O)c3ccco3)C[C@@H](O)C2)n1. The molecule has 0 spiro atoms. The number of aliphatic hydroxyl groups excluding tert-OH is 1. The lowest BCUT2D eigenvalue weighted by Crippen LogP contribution is -2.37. The number of anilines is 1. The van der Waals surface area contributed by atoms with Crippen molar-refractivity contribution in [2.45, 2.75) is 6.10 Å². The van der Waals surface area contributed by atoms with Gasteiger partial charge in [-0.25, -0.2) is 4.98 Å². The van der Waals surface area contributed by atoms with E-state index in [0.717, 1.165) is 0 Å². The van der Waals surface area contributed by atoms with Gasteiger partial charge in [0.1, 0.15) is 11.5 Å². The van der Waals surface area contributed by atoms with Crippen molar-refractivity contribution < 1.29 is 19.1 Å². The highest BCUT2D eigenvalue weighted by molar-refractivity contribution is 5.91. The number of nitrogens with zero attached hydrogens (tertiary/aromatic N) is 4. The van der Waals surface area contributed by atoms with Crippen molar-refractivity contribution >= 4 is 17.6 Å². The van der Waals surface area contributed by atoms with Gasteiger partial charge in [0, 0.05) is 26.2 Å². The van der Waals surface area contributed by atoms with Gasteiger partial charge in [0.15, 0.2) is 5.76 Å². The van der Waals surface area contributed by atoms with Crippen LogP contribution < -0.4 is 10.6 Å². The van der Waals surface area contributed by atoms with E-state index in [2.05, 4.69) is 9.97 Å². The number of aliphatic hydroxyl groups is 1. The number of primary amides is 1. The molecule has 1 atom stereocenters. The Kier molecular flexibility index (Phi) is 4.43. The lowest BCUT2D eigenvalue weighted by Gasteiger charge is -2.22. The minimum atomic E-state index is -0.773. The molecule has 9 heteroatoms. The van der Waals surface area contributed by atoms with Gasteiger partial charge in [0.25, 0.3) is 11.8 Å². The number of hydrogen-bond acceptors (Lipinski definition) is 7. The zero-order valence-electron chi connectivity index (χ0n) is 12.8. The van der Waals surface area contributed by atoms with Crippen LogP contribution in [0.25, 0.3) is 0 Å². The molecule has 2 amide bonds. The van der Waals surface area contributed by atoms with Gasteiger partial charge in [-0.05, 0) is 12.1 Å². The van der Waals surface area contributed by atoms with Crippen molar-refractivity contribution in [1.29, 1.82) is 0 Å². The molecule has 0 aromatic carbocycles. The summed E-state index contributed by atoms with van der Waals surface area (Å²) in [4.78, 5) is 35.0. The first-order chi connectivity index (χ1) is 11.5. The molecule has 0 radical (unpaired) electrons. The van der Waals surface area contributed by atoms with Crippen molar-refractivity contribution in [1.82, 2.24) is 14.9 Å². The first kappa shape index (κ1) is 15.9. The minimum absolute atomic E-state index is 0.0507. The van der Waals surface area contributed by atoms with Crippen LogP contribution in [0.4, 0.5) is 5.82 Å². The van der Waals surface area contributed by atoms with Gasteiger partial charge in [-0.2, -0.15) is 0 Å². The Morgan fingerprint density at radius 1 is 1.29 bits per heavy atom. The molecule has 1 fully saturated rings. The van der Waals surface area contributed by atoms with E-state index < -0.39 is 12.0 Å². The van der Waals surface area contributed by atoms with Crippen LogP contribution in [0.2, 0.25) is 0 Å². The number of nitrogens with two attached hydrogens (primary N) is 1. The Morgan fingerprint density at radius 2 is 2.12 bits per heavy atom. The summed E-state index contributed by atoms with van der Waals surface area (Å²) >= 11 is 0. The molecular formula is C15H17N5O4. The molecule has 0 saturated carbocycles. The number of amides is 2. The van der Waals surface area contributed by atoms with Gasteiger partial charge < -0.3 is 25.1 Å². The lowest BCUT2D eigenvalue weighted by atomic mass is 10.3.